The first-order valence-corrected chi connectivity index (χ1v) is 5.87. The van der Waals surface area contributed by atoms with Crippen LogP contribution in [0, 0.1) is 25.5 Å². The highest BCUT2D eigenvalue weighted by molar-refractivity contribution is 5.34. The van der Waals surface area contributed by atoms with E-state index in [1.807, 2.05) is 6.92 Å². The van der Waals surface area contributed by atoms with Crippen LogP contribution in [0.15, 0.2) is 30.5 Å². The van der Waals surface area contributed by atoms with Crippen LogP contribution in [0.2, 0.25) is 0 Å². The van der Waals surface area contributed by atoms with Crippen LogP contribution in [0.25, 0.3) is 0 Å². The number of aromatic nitrogens is 1. The van der Waals surface area contributed by atoms with Crippen LogP contribution < -0.4 is 11.3 Å². The quantitative estimate of drug-likeness (QED) is 0.661. The maximum Gasteiger partial charge on any atom is 0.134 e. The Kier molecular flexibility index (Phi) is 3.87. The molecular weight excluding hydrogens is 248 g/mol. The molecule has 0 aliphatic rings. The van der Waals surface area contributed by atoms with E-state index < -0.39 is 17.7 Å². The van der Waals surface area contributed by atoms with Gasteiger partial charge < -0.3 is 0 Å². The van der Waals surface area contributed by atoms with Gasteiger partial charge in [0, 0.05) is 11.8 Å². The van der Waals surface area contributed by atoms with Crippen molar-refractivity contribution >= 4 is 0 Å². The summed E-state index contributed by atoms with van der Waals surface area (Å²) in [7, 11) is 0. The zero-order valence-corrected chi connectivity index (χ0v) is 10.7. The van der Waals surface area contributed by atoms with Gasteiger partial charge in [0.15, 0.2) is 0 Å². The minimum absolute atomic E-state index is 0.111. The summed E-state index contributed by atoms with van der Waals surface area (Å²) in [6.45, 7) is 3.46. The minimum Gasteiger partial charge on any atom is -0.271 e. The van der Waals surface area contributed by atoms with Crippen molar-refractivity contribution in [2.45, 2.75) is 19.9 Å². The van der Waals surface area contributed by atoms with E-state index in [4.69, 9.17) is 5.84 Å². The molecule has 0 saturated carbocycles. The van der Waals surface area contributed by atoms with Crippen molar-refractivity contribution in [1.29, 1.82) is 0 Å². The molecule has 1 atom stereocenters. The predicted octanol–water partition coefficient (Wildman–Crippen LogP) is 2.53. The average molecular weight is 263 g/mol. The van der Waals surface area contributed by atoms with Crippen LogP contribution in [-0.2, 0) is 0 Å². The van der Waals surface area contributed by atoms with Gasteiger partial charge in [0.1, 0.15) is 11.6 Å². The molecule has 2 rings (SSSR count). The molecule has 1 aromatic carbocycles. The summed E-state index contributed by atoms with van der Waals surface area (Å²) in [4.78, 5) is 4.12. The Hall–Kier alpha value is -1.85. The van der Waals surface area contributed by atoms with E-state index in [0.29, 0.717) is 11.3 Å². The molecule has 0 aliphatic heterocycles. The fourth-order valence-electron chi connectivity index (χ4n) is 1.98. The van der Waals surface area contributed by atoms with Gasteiger partial charge in [-0.15, -0.1) is 0 Å². The molecule has 19 heavy (non-hydrogen) atoms. The Morgan fingerprint density at radius 1 is 1.21 bits per heavy atom. The Morgan fingerprint density at radius 3 is 2.58 bits per heavy atom. The first-order valence-electron chi connectivity index (χ1n) is 5.87. The molecule has 0 spiro atoms. The molecule has 2 aromatic rings. The minimum atomic E-state index is -0.820. The van der Waals surface area contributed by atoms with Crippen molar-refractivity contribution in [2.24, 2.45) is 5.84 Å². The van der Waals surface area contributed by atoms with Gasteiger partial charge in [-0.2, -0.15) is 0 Å². The van der Waals surface area contributed by atoms with Crippen molar-refractivity contribution in [3.05, 3.63) is 64.5 Å². The van der Waals surface area contributed by atoms with E-state index in [-0.39, 0.29) is 5.56 Å². The number of rotatable bonds is 3. The molecule has 0 bridgehead atoms. The van der Waals surface area contributed by atoms with Crippen LogP contribution in [0.3, 0.4) is 0 Å². The summed E-state index contributed by atoms with van der Waals surface area (Å²) in [5.74, 6) is 4.20. The number of hydrogen-bond acceptors (Lipinski definition) is 3. The number of nitrogens with one attached hydrogen (secondary N) is 1. The van der Waals surface area contributed by atoms with Gasteiger partial charge in [-0.1, -0.05) is 6.07 Å². The van der Waals surface area contributed by atoms with Crippen molar-refractivity contribution in [3.8, 4) is 0 Å². The van der Waals surface area contributed by atoms with Gasteiger partial charge in [0.05, 0.1) is 11.7 Å². The summed E-state index contributed by atoms with van der Waals surface area (Å²) in [6.07, 6.45) is 1.58. The van der Waals surface area contributed by atoms with Crippen molar-refractivity contribution in [1.82, 2.24) is 10.4 Å². The molecule has 3 nitrogen and oxygen atoms in total. The van der Waals surface area contributed by atoms with E-state index in [0.717, 1.165) is 5.56 Å². The number of pyridine rings is 1. The fourth-order valence-corrected chi connectivity index (χ4v) is 1.98. The lowest BCUT2D eigenvalue weighted by Crippen LogP contribution is -2.31. The normalized spacial score (nSPS) is 12.5. The Balaban J connectivity index is 2.57. The molecule has 1 unspecified atom stereocenters. The highest BCUT2D eigenvalue weighted by Crippen LogP contribution is 2.27. The lowest BCUT2D eigenvalue weighted by molar-refractivity contribution is 0.501. The maximum absolute atomic E-state index is 14.1. The van der Waals surface area contributed by atoms with E-state index in [9.17, 15) is 8.78 Å². The van der Waals surface area contributed by atoms with E-state index in [1.54, 1.807) is 25.3 Å². The predicted molar refractivity (Wildman–Crippen MR) is 69.2 cm³/mol. The SMILES string of the molecule is Cc1ccnc(C(NN)c2c(F)ccc(C)c2F)c1. The van der Waals surface area contributed by atoms with E-state index in [2.05, 4.69) is 10.4 Å². The Bertz CT molecular complexity index is 599. The standard InChI is InChI=1S/C14H15F2N3/c1-8-5-6-18-11(7-8)14(19-17)12-10(15)4-3-9(2)13(12)16/h3-7,14,19H,17H2,1-2H3. The zero-order chi connectivity index (χ0) is 14.0. The second kappa shape index (κ2) is 5.42. The molecule has 5 heteroatoms. The molecule has 3 N–H and O–H groups in total. The average Bonchev–Trinajstić information content (AvgIpc) is 2.39. The highest BCUT2D eigenvalue weighted by Gasteiger charge is 2.23. The Morgan fingerprint density at radius 2 is 1.95 bits per heavy atom. The molecular formula is C14H15F2N3. The Labute approximate surface area is 110 Å². The summed E-state index contributed by atoms with van der Waals surface area (Å²) in [6, 6.07) is 5.35. The van der Waals surface area contributed by atoms with Gasteiger partial charge in [-0.05, 0) is 43.2 Å². The number of halogens is 2. The van der Waals surface area contributed by atoms with Gasteiger partial charge in [0.25, 0.3) is 0 Å². The zero-order valence-electron chi connectivity index (χ0n) is 10.7. The molecule has 0 saturated heterocycles. The third-order valence-corrected chi connectivity index (χ3v) is 3.01. The largest absolute Gasteiger partial charge is 0.271 e. The van der Waals surface area contributed by atoms with Gasteiger partial charge >= 0.3 is 0 Å². The lowest BCUT2D eigenvalue weighted by Gasteiger charge is -2.18. The van der Waals surface area contributed by atoms with Gasteiger partial charge in [-0.25, -0.2) is 14.2 Å². The molecule has 0 amide bonds. The molecule has 100 valence electrons. The number of nitrogens with two attached hydrogens (primary N) is 1. The summed E-state index contributed by atoms with van der Waals surface area (Å²) >= 11 is 0. The third kappa shape index (κ3) is 2.62. The second-order valence-corrected chi connectivity index (χ2v) is 4.45. The maximum atomic E-state index is 14.1. The van der Waals surface area contributed by atoms with Crippen LogP contribution in [-0.4, -0.2) is 4.98 Å². The summed E-state index contributed by atoms with van der Waals surface area (Å²) < 4.78 is 28.0. The highest BCUT2D eigenvalue weighted by atomic mass is 19.1. The number of aryl methyl sites for hydroxylation is 2. The molecule has 1 aromatic heterocycles. The van der Waals surface area contributed by atoms with Crippen molar-refractivity contribution in [3.63, 3.8) is 0 Å². The first kappa shape index (κ1) is 13.6. The van der Waals surface area contributed by atoms with Crippen LogP contribution in [0.4, 0.5) is 8.78 Å². The number of nitrogens with zero attached hydrogens (tertiary/aromatic N) is 1. The molecule has 0 aliphatic carbocycles. The smallest absolute Gasteiger partial charge is 0.134 e. The molecule has 0 radical (unpaired) electrons. The lowest BCUT2D eigenvalue weighted by atomic mass is 9.99. The molecule has 0 fully saturated rings. The van der Waals surface area contributed by atoms with E-state index >= 15 is 0 Å². The van der Waals surface area contributed by atoms with Gasteiger partial charge in [-0.3, -0.25) is 10.8 Å². The topological polar surface area (TPSA) is 50.9 Å². The van der Waals surface area contributed by atoms with Crippen LogP contribution in [0.5, 0.6) is 0 Å². The first-order chi connectivity index (χ1) is 9.04. The molecule has 1 heterocycles. The number of hydrogen-bond donors (Lipinski definition) is 2. The third-order valence-electron chi connectivity index (χ3n) is 3.01. The van der Waals surface area contributed by atoms with Crippen LogP contribution in [0.1, 0.15) is 28.4 Å². The monoisotopic (exact) mass is 263 g/mol. The summed E-state index contributed by atoms with van der Waals surface area (Å²) in [5.41, 5.74) is 4.10. The van der Waals surface area contributed by atoms with Crippen LogP contribution >= 0.6 is 0 Å². The number of hydrazine groups is 1. The number of benzene rings is 1. The van der Waals surface area contributed by atoms with Crippen molar-refractivity contribution in [2.75, 3.05) is 0 Å². The second-order valence-electron chi connectivity index (χ2n) is 4.45. The fraction of sp³-hybridized carbons (Fsp3) is 0.214. The van der Waals surface area contributed by atoms with Gasteiger partial charge in [0.2, 0.25) is 0 Å². The summed E-state index contributed by atoms with van der Waals surface area (Å²) in [5, 5.41) is 0. The van der Waals surface area contributed by atoms with E-state index in [1.165, 1.54) is 12.1 Å². The van der Waals surface area contributed by atoms with Crippen molar-refractivity contribution < 1.29 is 8.78 Å².